The maximum Gasteiger partial charge on any atom is 0.212 e. The van der Waals surface area contributed by atoms with Gasteiger partial charge in [-0.1, -0.05) is 36.4 Å². The standard InChI is InChI=1S/C16H20N2O2S.ClH/c17-10-16(18-21(19,20)11-12-5-6-12)15-8-7-13-3-1-2-4-14(13)9-15;/h1-4,7-9,12,16,18H,5-6,10-11,17H2;1H. The van der Waals surface area contributed by atoms with Gasteiger partial charge in [-0.3, -0.25) is 0 Å². The van der Waals surface area contributed by atoms with Crippen molar-refractivity contribution in [1.82, 2.24) is 4.72 Å². The van der Waals surface area contributed by atoms with Crippen LogP contribution in [0.3, 0.4) is 0 Å². The van der Waals surface area contributed by atoms with E-state index in [0.29, 0.717) is 5.92 Å². The second-order valence-corrected chi connectivity index (χ2v) is 7.54. The summed E-state index contributed by atoms with van der Waals surface area (Å²) in [6.45, 7) is 0.252. The number of nitrogens with two attached hydrogens (primary N) is 1. The van der Waals surface area contributed by atoms with Crippen molar-refractivity contribution >= 4 is 33.2 Å². The van der Waals surface area contributed by atoms with Gasteiger partial charge in [0, 0.05) is 6.54 Å². The second kappa shape index (κ2) is 6.96. The molecule has 2 aromatic carbocycles. The van der Waals surface area contributed by atoms with E-state index in [1.807, 2.05) is 42.5 Å². The third kappa shape index (κ3) is 4.20. The lowest BCUT2D eigenvalue weighted by Gasteiger charge is -2.18. The molecule has 6 heteroatoms. The van der Waals surface area contributed by atoms with Gasteiger partial charge in [-0.15, -0.1) is 12.4 Å². The zero-order chi connectivity index (χ0) is 14.9. The zero-order valence-electron chi connectivity index (χ0n) is 12.2. The highest BCUT2D eigenvalue weighted by atomic mass is 35.5. The SMILES string of the molecule is Cl.NCC(NS(=O)(=O)CC1CC1)c1ccc2ccccc2c1. The van der Waals surface area contributed by atoms with E-state index in [9.17, 15) is 8.42 Å². The fourth-order valence-corrected chi connectivity index (χ4v) is 4.25. The lowest BCUT2D eigenvalue weighted by atomic mass is 10.0. The molecule has 0 aromatic heterocycles. The van der Waals surface area contributed by atoms with Crippen molar-refractivity contribution in [3.05, 3.63) is 48.0 Å². The van der Waals surface area contributed by atoms with Gasteiger partial charge in [-0.05, 0) is 41.2 Å². The van der Waals surface area contributed by atoms with Gasteiger partial charge in [-0.25, -0.2) is 13.1 Å². The molecule has 1 saturated carbocycles. The summed E-state index contributed by atoms with van der Waals surface area (Å²) in [6.07, 6.45) is 2.04. The van der Waals surface area contributed by atoms with Crippen molar-refractivity contribution in [2.75, 3.05) is 12.3 Å². The number of nitrogens with one attached hydrogen (secondary N) is 1. The van der Waals surface area contributed by atoms with Crippen molar-refractivity contribution < 1.29 is 8.42 Å². The van der Waals surface area contributed by atoms with E-state index < -0.39 is 10.0 Å². The van der Waals surface area contributed by atoms with Crippen LogP contribution in [0, 0.1) is 5.92 Å². The monoisotopic (exact) mass is 340 g/mol. The van der Waals surface area contributed by atoms with Crippen LogP contribution in [0.15, 0.2) is 42.5 Å². The van der Waals surface area contributed by atoms with Crippen LogP contribution in [0.1, 0.15) is 24.4 Å². The summed E-state index contributed by atoms with van der Waals surface area (Å²) >= 11 is 0. The van der Waals surface area contributed by atoms with E-state index in [1.165, 1.54) is 0 Å². The van der Waals surface area contributed by atoms with Crippen LogP contribution in [0.4, 0.5) is 0 Å². The molecule has 0 bridgehead atoms. The van der Waals surface area contributed by atoms with Crippen molar-refractivity contribution in [3.8, 4) is 0 Å². The Morgan fingerprint density at radius 2 is 1.82 bits per heavy atom. The number of halogens is 1. The molecule has 0 radical (unpaired) electrons. The fraction of sp³-hybridized carbons (Fsp3) is 0.375. The maximum absolute atomic E-state index is 12.1. The first-order chi connectivity index (χ1) is 10.1. The summed E-state index contributed by atoms with van der Waals surface area (Å²) in [4.78, 5) is 0. The van der Waals surface area contributed by atoms with Crippen LogP contribution < -0.4 is 10.5 Å². The summed E-state index contributed by atoms with van der Waals surface area (Å²) < 4.78 is 27.0. The molecule has 1 atom stereocenters. The smallest absolute Gasteiger partial charge is 0.212 e. The highest BCUT2D eigenvalue weighted by molar-refractivity contribution is 7.89. The van der Waals surface area contributed by atoms with Gasteiger partial charge in [0.15, 0.2) is 0 Å². The Kier molecular flexibility index (Phi) is 5.45. The summed E-state index contributed by atoms with van der Waals surface area (Å²) in [5.74, 6) is 0.550. The first-order valence-electron chi connectivity index (χ1n) is 7.26. The third-order valence-electron chi connectivity index (χ3n) is 3.89. The van der Waals surface area contributed by atoms with E-state index >= 15 is 0 Å². The lowest BCUT2D eigenvalue weighted by Crippen LogP contribution is -2.35. The van der Waals surface area contributed by atoms with E-state index in [4.69, 9.17) is 5.73 Å². The summed E-state index contributed by atoms with van der Waals surface area (Å²) in [6, 6.07) is 13.6. The van der Waals surface area contributed by atoms with Gasteiger partial charge in [0.1, 0.15) is 0 Å². The molecule has 1 fully saturated rings. The molecule has 3 rings (SSSR count). The van der Waals surface area contributed by atoms with Crippen LogP contribution >= 0.6 is 12.4 Å². The molecule has 0 amide bonds. The molecule has 3 N–H and O–H groups in total. The highest BCUT2D eigenvalue weighted by Gasteiger charge is 2.29. The summed E-state index contributed by atoms with van der Waals surface area (Å²) in [7, 11) is -3.26. The largest absolute Gasteiger partial charge is 0.329 e. The first kappa shape index (κ1) is 17.2. The Labute approximate surface area is 137 Å². The van der Waals surface area contributed by atoms with Crippen LogP contribution in [-0.2, 0) is 10.0 Å². The van der Waals surface area contributed by atoms with Crippen molar-refractivity contribution in [2.45, 2.75) is 18.9 Å². The lowest BCUT2D eigenvalue weighted by molar-refractivity contribution is 0.555. The Hall–Kier alpha value is -1.14. The minimum atomic E-state index is -3.26. The van der Waals surface area contributed by atoms with Gasteiger partial charge in [0.05, 0.1) is 11.8 Å². The summed E-state index contributed by atoms with van der Waals surface area (Å²) in [5.41, 5.74) is 6.69. The third-order valence-corrected chi connectivity index (χ3v) is 5.44. The number of hydrogen-bond donors (Lipinski definition) is 2. The quantitative estimate of drug-likeness (QED) is 0.849. The molecular weight excluding hydrogens is 320 g/mol. The Morgan fingerprint density at radius 1 is 1.14 bits per heavy atom. The van der Waals surface area contributed by atoms with Crippen LogP contribution in [0.2, 0.25) is 0 Å². The number of rotatable bonds is 6. The second-order valence-electron chi connectivity index (χ2n) is 5.74. The molecular formula is C16H21ClN2O2S. The topological polar surface area (TPSA) is 72.2 Å². The molecule has 4 nitrogen and oxygen atoms in total. The number of sulfonamides is 1. The molecule has 1 aliphatic rings. The van der Waals surface area contributed by atoms with Gasteiger partial charge >= 0.3 is 0 Å². The Balaban J connectivity index is 0.00000176. The van der Waals surface area contributed by atoms with Crippen LogP contribution in [0.25, 0.3) is 10.8 Å². The minimum Gasteiger partial charge on any atom is -0.329 e. The van der Waals surface area contributed by atoms with E-state index in [0.717, 1.165) is 29.2 Å². The average molecular weight is 341 g/mol. The van der Waals surface area contributed by atoms with Gasteiger partial charge in [-0.2, -0.15) is 0 Å². The first-order valence-corrected chi connectivity index (χ1v) is 8.91. The maximum atomic E-state index is 12.1. The van der Waals surface area contributed by atoms with Crippen molar-refractivity contribution in [3.63, 3.8) is 0 Å². The molecule has 0 spiro atoms. The van der Waals surface area contributed by atoms with E-state index in [2.05, 4.69) is 4.72 Å². The molecule has 0 saturated heterocycles. The molecule has 22 heavy (non-hydrogen) atoms. The zero-order valence-corrected chi connectivity index (χ0v) is 13.9. The minimum absolute atomic E-state index is 0. The normalized spacial score (nSPS) is 16.2. The highest BCUT2D eigenvalue weighted by Crippen LogP contribution is 2.30. The van der Waals surface area contributed by atoms with E-state index in [-0.39, 0.29) is 30.7 Å². The van der Waals surface area contributed by atoms with Gasteiger partial charge in [0.2, 0.25) is 10.0 Å². The molecule has 1 unspecified atom stereocenters. The Morgan fingerprint density at radius 3 is 2.45 bits per heavy atom. The fourth-order valence-electron chi connectivity index (χ4n) is 2.54. The number of fused-ring (bicyclic) bond motifs is 1. The molecule has 2 aromatic rings. The van der Waals surface area contributed by atoms with Crippen LogP contribution in [-0.4, -0.2) is 20.7 Å². The summed E-state index contributed by atoms with van der Waals surface area (Å²) in [5, 5.41) is 2.23. The average Bonchev–Trinajstić information content (AvgIpc) is 3.27. The predicted molar refractivity (Wildman–Crippen MR) is 92.6 cm³/mol. The van der Waals surface area contributed by atoms with Gasteiger partial charge in [0.25, 0.3) is 0 Å². The van der Waals surface area contributed by atoms with Gasteiger partial charge < -0.3 is 5.73 Å². The number of hydrogen-bond acceptors (Lipinski definition) is 3. The van der Waals surface area contributed by atoms with Crippen molar-refractivity contribution in [1.29, 1.82) is 0 Å². The number of benzene rings is 2. The predicted octanol–water partition coefficient (Wildman–Crippen LogP) is 2.59. The van der Waals surface area contributed by atoms with Crippen molar-refractivity contribution in [2.24, 2.45) is 11.7 Å². The molecule has 1 aliphatic carbocycles. The molecule has 0 heterocycles. The van der Waals surface area contributed by atoms with E-state index in [1.54, 1.807) is 0 Å². The van der Waals surface area contributed by atoms with Crippen LogP contribution in [0.5, 0.6) is 0 Å². The molecule has 120 valence electrons. The Bertz CT molecular complexity index is 745. The molecule has 0 aliphatic heterocycles.